The molecule has 0 atom stereocenters. The van der Waals surface area contributed by atoms with Crippen LogP contribution in [0, 0.1) is 22.9 Å². The highest BCUT2D eigenvalue weighted by molar-refractivity contribution is 7.89. The lowest BCUT2D eigenvalue weighted by atomic mass is 10.2. The summed E-state index contributed by atoms with van der Waals surface area (Å²) in [5.74, 6) is -1.23. The molecule has 132 valence electrons. The van der Waals surface area contributed by atoms with Gasteiger partial charge < -0.3 is 5.32 Å². The standard InChI is InChI=1S/C15H14FN3O5S/c1-10-7-13(5-6-14(10)19(21)22)25(23,24)17-9-15(20)18-12-4-2-3-11(16)8-12/h2-8,17H,9H2,1H3,(H,18,20). The van der Waals surface area contributed by atoms with Crippen LogP contribution in [0.4, 0.5) is 15.8 Å². The van der Waals surface area contributed by atoms with Gasteiger partial charge in [-0.1, -0.05) is 6.07 Å². The molecule has 0 saturated carbocycles. The highest BCUT2D eigenvalue weighted by Gasteiger charge is 2.19. The van der Waals surface area contributed by atoms with E-state index in [9.17, 15) is 27.7 Å². The third kappa shape index (κ3) is 4.81. The zero-order valence-corrected chi connectivity index (χ0v) is 13.8. The number of carbonyl (C=O) groups is 1. The van der Waals surface area contributed by atoms with E-state index in [1.54, 1.807) is 0 Å². The van der Waals surface area contributed by atoms with Gasteiger partial charge in [0.1, 0.15) is 5.82 Å². The van der Waals surface area contributed by atoms with Crippen LogP contribution in [0.3, 0.4) is 0 Å². The lowest BCUT2D eigenvalue weighted by molar-refractivity contribution is -0.385. The van der Waals surface area contributed by atoms with Crippen molar-refractivity contribution < 1.29 is 22.5 Å². The zero-order chi connectivity index (χ0) is 18.6. The Kier molecular flexibility index (Phi) is 5.45. The molecule has 2 aromatic rings. The number of hydrogen-bond donors (Lipinski definition) is 2. The Hall–Kier alpha value is -2.85. The van der Waals surface area contributed by atoms with Gasteiger partial charge in [-0.05, 0) is 37.3 Å². The molecule has 2 N–H and O–H groups in total. The van der Waals surface area contributed by atoms with Crippen LogP contribution in [0.5, 0.6) is 0 Å². The summed E-state index contributed by atoms with van der Waals surface area (Å²) in [6.07, 6.45) is 0. The van der Waals surface area contributed by atoms with E-state index in [4.69, 9.17) is 0 Å². The van der Waals surface area contributed by atoms with Gasteiger partial charge in [0.2, 0.25) is 15.9 Å². The van der Waals surface area contributed by atoms with Crippen LogP contribution in [-0.4, -0.2) is 25.8 Å². The molecule has 0 aliphatic rings. The molecule has 2 rings (SSSR count). The topological polar surface area (TPSA) is 118 Å². The molecule has 10 heteroatoms. The summed E-state index contributed by atoms with van der Waals surface area (Å²) in [5.41, 5.74) is 0.162. The van der Waals surface area contributed by atoms with E-state index in [-0.39, 0.29) is 21.8 Å². The van der Waals surface area contributed by atoms with Crippen molar-refractivity contribution in [2.75, 3.05) is 11.9 Å². The number of benzene rings is 2. The van der Waals surface area contributed by atoms with Crippen molar-refractivity contribution in [3.8, 4) is 0 Å². The van der Waals surface area contributed by atoms with Crippen LogP contribution in [0.15, 0.2) is 47.4 Å². The van der Waals surface area contributed by atoms with Crippen LogP contribution in [0.1, 0.15) is 5.56 Å². The number of hydrogen-bond acceptors (Lipinski definition) is 5. The van der Waals surface area contributed by atoms with E-state index in [1.807, 2.05) is 0 Å². The predicted octanol–water partition coefficient (Wildman–Crippen LogP) is 1.96. The Morgan fingerprint density at radius 2 is 1.96 bits per heavy atom. The largest absolute Gasteiger partial charge is 0.325 e. The SMILES string of the molecule is Cc1cc(S(=O)(=O)NCC(=O)Nc2cccc(F)c2)ccc1[N+](=O)[O-]. The number of rotatable bonds is 6. The van der Waals surface area contributed by atoms with Gasteiger partial charge in [0.05, 0.1) is 16.4 Å². The molecule has 0 aliphatic heterocycles. The van der Waals surface area contributed by atoms with E-state index in [2.05, 4.69) is 10.0 Å². The Labute approximate surface area is 142 Å². The number of anilines is 1. The van der Waals surface area contributed by atoms with Crippen molar-refractivity contribution in [3.05, 3.63) is 64.0 Å². The smallest absolute Gasteiger partial charge is 0.272 e. The second kappa shape index (κ2) is 7.36. The van der Waals surface area contributed by atoms with Crippen LogP contribution < -0.4 is 10.0 Å². The molecule has 1 amide bonds. The number of nitrogens with zero attached hydrogens (tertiary/aromatic N) is 1. The molecule has 2 aromatic carbocycles. The average molecular weight is 367 g/mol. The van der Waals surface area contributed by atoms with Crippen molar-refractivity contribution >= 4 is 27.3 Å². The summed E-state index contributed by atoms with van der Waals surface area (Å²) >= 11 is 0. The predicted molar refractivity (Wildman–Crippen MR) is 88.1 cm³/mol. The fourth-order valence-corrected chi connectivity index (χ4v) is 3.08. The first kappa shape index (κ1) is 18.5. The summed E-state index contributed by atoms with van der Waals surface area (Å²) in [5, 5.41) is 13.1. The third-order valence-electron chi connectivity index (χ3n) is 3.21. The van der Waals surface area contributed by atoms with Gasteiger partial charge in [-0.3, -0.25) is 14.9 Å². The van der Waals surface area contributed by atoms with Crippen molar-refractivity contribution in [1.29, 1.82) is 0 Å². The number of halogens is 1. The molecule has 8 nitrogen and oxygen atoms in total. The maximum atomic E-state index is 13.0. The Morgan fingerprint density at radius 3 is 2.56 bits per heavy atom. The number of nitrogens with one attached hydrogen (secondary N) is 2. The van der Waals surface area contributed by atoms with Crippen molar-refractivity contribution in [3.63, 3.8) is 0 Å². The summed E-state index contributed by atoms with van der Waals surface area (Å²) in [4.78, 5) is 21.7. The summed E-state index contributed by atoms with van der Waals surface area (Å²) in [7, 11) is -4.03. The first-order valence-corrected chi connectivity index (χ1v) is 8.47. The molecule has 0 aromatic heterocycles. The molecular formula is C15H14FN3O5S. The highest BCUT2D eigenvalue weighted by Crippen LogP contribution is 2.21. The number of nitro benzene ring substituents is 1. The summed E-state index contributed by atoms with van der Waals surface area (Å²) < 4.78 is 39.4. The molecule has 0 fully saturated rings. The van der Waals surface area contributed by atoms with Crippen LogP contribution in [-0.2, 0) is 14.8 Å². The van der Waals surface area contributed by atoms with Gasteiger partial charge in [-0.15, -0.1) is 0 Å². The van der Waals surface area contributed by atoms with Crippen molar-refractivity contribution in [2.45, 2.75) is 11.8 Å². The number of carbonyl (C=O) groups excluding carboxylic acids is 1. The molecular weight excluding hydrogens is 353 g/mol. The second-order valence-electron chi connectivity index (χ2n) is 5.09. The zero-order valence-electron chi connectivity index (χ0n) is 13.0. The van der Waals surface area contributed by atoms with E-state index in [1.165, 1.54) is 25.1 Å². The van der Waals surface area contributed by atoms with E-state index < -0.39 is 33.2 Å². The van der Waals surface area contributed by atoms with Gasteiger partial charge in [0, 0.05) is 17.3 Å². The molecule has 0 radical (unpaired) electrons. The van der Waals surface area contributed by atoms with E-state index in [0.717, 1.165) is 24.3 Å². The lowest BCUT2D eigenvalue weighted by Crippen LogP contribution is -2.33. The fourth-order valence-electron chi connectivity index (χ4n) is 2.02. The number of aryl methyl sites for hydroxylation is 1. The van der Waals surface area contributed by atoms with Gasteiger partial charge in [0.15, 0.2) is 0 Å². The van der Waals surface area contributed by atoms with Crippen molar-refractivity contribution in [2.24, 2.45) is 0 Å². The first-order valence-electron chi connectivity index (χ1n) is 6.99. The number of nitro groups is 1. The minimum absolute atomic E-state index is 0.178. The van der Waals surface area contributed by atoms with Gasteiger partial charge in [-0.2, -0.15) is 0 Å². The summed E-state index contributed by atoms with van der Waals surface area (Å²) in [6, 6.07) is 8.45. The quantitative estimate of drug-likeness (QED) is 0.598. The maximum Gasteiger partial charge on any atom is 0.272 e. The number of amides is 1. The van der Waals surface area contributed by atoms with Gasteiger partial charge in [-0.25, -0.2) is 17.5 Å². The molecule has 0 spiro atoms. The second-order valence-corrected chi connectivity index (χ2v) is 6.86. The highest BCUT2D eigenvalue weighted by atomic mass is 32.2. The van der Waals surface area contributed by atoms with Crippen LogP contribution in [0.25, 0.3) is 0 Å². The van der Waals surface area contributed by atoms with E-state index in [0.29, 0.717) is 0 Å². The lowest BCUT2D eigenvalue weighted by Gasteiger charge is -2.08. The van der Waals surface area contributed by atoms with Gasteiger partial charge >= 0.3 is 0 Å². The Bertz CT molecular complexity index is 931. The minimum atomic E-state index is -4.03. The van der Waals surface area contributed by atoms with Gasteiger partial charge in [0.25, 0.3) is 5.69 Å². The first-order chi connectivity index (χ1) is 11.7. The Morgan fingerprint density at radius 1 is 1.24 bits per heavy atom. The van der Waals surface area contributed by atoms with Crippen LogP contribution >= 0.6 is 0 Å². The molecule has 0 heterocycles. The maximum absolute atomic E-state index is 13.0. The normalized spacial score (nSPS) is 11.1. The number of sulfonamides is 1. The molecule has 0 saturated heterocycles. The molecule has 0 aliphatic carbocycles. The molecule has 25 heavy (non-hydrogen) atoms. The van der Waals surface area contributed by atoms with E-state index >= 15 is 0 Å². The monoisotopic (exact) mass is 367 g/mol. The van der Waals surface area contributed by atoms with Crippen molar-refractivity contribution in [1.82, 2.24) is 4.72 Å². The fraction of sp³-hybridized carbons (Fsp3) is 0.133. The molecule has 0 bridgehead atoms. The molecule has 0 unspecified atom stereocenters. The minimum Gasteiger partial charge on any atom is -0.325 e. The third-order valence-corrected chi connectivity index (χ3v) is 4.61. The Balaban J connectivity index is 2.05. The average Bonchev–Trinajstić information content (AvgIpc) is 2.52. The summed E-state index contributed by atoms with van der Waals surface area (Å²) in [6.45, 7) is 0.836. The van der Waals surface area contributed by atoms with Crippen LogP contribution in [0.2, 0.25) is 0 Å².